The third-order valence-electron chi connectivity index (χ3n) is 1.03. The lowest BCUT2D eigenvalue weighted by molar-refractivity contribution is 0.941. The molecule has 0 amide bonds. The Labute approximate surface area is 58.4 Å². The van der Waals surface area contributed by atoms with Crippen LogP contribution in [0.1, 0.15) is 0 Å². The van der Waals surface area contributed by atoms with Gasteiger partial charge in [0.05, 0.1) is 6.34 Å². The quantitative estimate of drug-likeness (QED) is 0.424. The van der Waals surface area contributed by atoms with Crippen LogP contribution in [0.25, 0.3) is 0 Å². The summed E-state index contributed by atoms with van der Waals surface area (Å²) in [6, 6.07) is 1.60. The second-order valence-electron chi connectivity index (χ2n) is 1.75. The van der Waals surface area contributed by atoms with Crippen molar-refractivity contribution in [1.82, 2.24) is 9.55 Å². The van der Waals surface area contributed by atoms with Gasteiger partial charge in [0.25, 0.3) is 0 Å². The number of hydrogen-bond donors (Lipinski definition) is 1. The van der Waals surface area contributed by atoms with E-state index >= 15 is 0 Å². The maximum Gasteiger partial charge on any atom is 0.132 e. The van der Waals surface area contributed by atoms with Crippen molar-refractivity contribution in [1.29, 1.82) is 5.41 Å². The molecule has 0 bridgehead atoms. The van der Waals surface area contributed by atoms with Crippen molar-refractivity contribution in [3.05, 3.63) is 24.1 Å². The van der Waals surface area contributed by atoms with Gasteiger partial charge in [-0.25, -0.2) is 4.98 Å². The van der Waals surface area contributed by atoms with Gasteiger partial charge in [0.1, 0.15) is 11.8 Å². The van der Waals surface area contributed by atoms with Crippen LogP contribution in [-0.2, 0) is 0 Å². The molecule has 10 heavy (non-hydrogen) atoms. The van der Waals surface area contributed by atoms with E-state index in [2.05, 4.69) is 9.98 Å². The van der Waals surface area contributed by atoms with Gasteiger partial charge < -0.3 is 0 Å². The highest BCUT2D eigenvalue weighted by Gasteiger charge is 1.81. The van der Waals surface area contributed by atoms with E-state index in [4.69, 9.17) is 5.41 Å². The average molecular weight is 136 g/mol. The second kappa shape index (κ2) is 2.91. The maximum atomic E-state index is 7.31. The second-order valence-corrected chi connectivity index (χ2v) is 1.75. The van der Waals surface area contributed by atoms with Crippen molar-refractivity contribution >= 4 is 6.34 Å². The summed E-state index contributed by atoms with van der Waals surface area (Å²) in [7, 11) is 1.65. The smallest absolute Gasteiger partial charge is 0.132 e. The molecule has 0 aliphatic carbocycles. The number of rotatable bonds is 1. The Morgan fingerprint density at radius 2 is 2.60 bits per heavy atom. The predicted octanol–water partition coefficient (Wildman–Crippen LogP) is -0.131. The monoisotopic (exact) mass is 136 g/mol. The number of nitrogens with zero attached hydrogens (tertiary/aromatic N) is 3. The van der Waals surface area contributed by atoms with Crippen molar-refractivity contribution in [3.63, 3.8) is 0 Å². The molecular weight excluding hydrogens is 128 g/mol. The number of aliphatic imine (C=N–C) groups is 1. The fourth-order valence-corrected chi connectivity index (χ4v) is 0.589. The lowest BCUT2D eigenvalue weighted by atomic mass is 10.6. The molecule has 0 aliphatic heterocycles. The molecule has 0 unspecified atom stereocenters. The van der Waals surface area contributed by atoms with Crippen molar-refractivity contribution in [3.8, 4) is 0 Å². The molecule has 0 saturated carbocycles. The highest BCUT2D eigenvalue weighted by molar-refractivity contribution is 5.56. The Bertz CT molecular complexity index is 286. The first-order valence-electron chi connectivity index (χ1n) is 2.83. The topological polar surface area (TPSA) is 54.0 Å². The van der Waals surface area contributed by atoms with E-state index in [1.165, 1.54) is 17.2 Å². The average Bonchev–Trinajstić information content (AvgIpc) is 1.94. The van der Waals surface area contributed by atoms with Gasteiger partial charge in [0.15, 0.2) is 0 Å². The Morgan fingerprint density at radius 3 is 3.20 bits per heavy atom. The van der Waals surface area contributed by atoms with E-state index in [1.807, 2.05) is 0 Å². The van der Waals surface area contributed by atoms with Crippen molar-refractivity contribution < 1.29 is 0 Å². The molecular formula is C6H8N4. The Kier molecular flexibility index (Phi) is 1.94. The summed E-state index contributed by atoms with van der Waals surface area (Å²) in [6.45, 7) is 0. The Balaban J connectivity index is 3.16. The van der Waals surface area contributed by atoms with E-state index in [0.717, 1.165) is 0 Å². The van der Waals surface area contributed by atoms with Crippen LogP contribution < -0.4 is 5.49 Å². The van der Waals surface area contributed by atoms with Crippen LogP contribution in [0.15, 0.2) is 23.6 Å². The van der Waals surface area contributed by atoms with Gasteiger partial charge in [-0.3, -0.25) is 15.0 Å². The zero-order valence-corrected chi connectivity index (χ0v) is 5.65. The van der Waals surface area contributed by atoms with Gasteiger partial charge in [-0.15, -0.1) is 0 Å². The highest BCUT2D eigenvalue weighted by atomic mass is 15.0. The molecule has 1 rings (SSSR count). The predicted molar refractivity (Wildman–Crippen MR) is 37.9 cm³/mol. The van der Waals surface area contributed by atoms with Gasteiger partial charge in [0.2, 0.25) is 0 Å². The van der Waals surface area contributed by atoms with Gasteiger partial charge in [-0.05, 0) is 6.07 Å². The molecule has 1 aromatic heterocycles. The van der Waals surface area contributed by atoms with E-state index in [0.29, 0.717) is 5.49 Å². The third-order valence-corrected chi connectivity index (χ3v) is 1.03. The molecule has 4 heteroatoms. The summed E-state index contributed by atoms with van der Waals surface area (Å²) < 4.78 is 1.53. The molecule has 1 aromatic rings. The molecule has 1 N–H and O–H groups in total. The van der Waals surface area contributed by atoms with Crippen LogP contribution in [0.2, 0.25) is 0 Å². The molecule has 0 atom stereocenters. The molecule has 0 spiro atoms. The first kappa shape index (κ1) is 6.67. The minimum Gasteiger partial charge on any atom is -0.284 e. The summed E-state index contributed by atoms with van der Waals surface area (Å²) in [6.07, 6.45) is 4.65. The minimum atomic E-state index is 0.376. The summed E-state index contributed by atoms with van der Waals surface area (Å²) >= 11 is 0. The molecule has 0 aromatic carbocycles. The molecule has 1 heterocycles. The van der Waals surface area contributed by atoms with E-state index in [1.54, 1.807) is 19.3 Å². The Hall–Kier alpha value is -1.45. The first-order valence-corrected chi connectivity index (χ1v) is 2.83. The fourth-order valence-electron chi connectivity index (χ4n) is 0.589. The SMILES string of the molecule is CN=Cn1cnccc1=N. The minimum absolute atomic E-state index is 0.376. The molecule has 0 radical (unpaired) electrons. The summed E-state index contributed by atoms with van der Waals surface area (Å²) in [5.41, 5.74) is 0.376. The van der Waals surface area contributed by atoms with Crippen molar-refractivity contribution in [2.45, 2.75) is 0 Å². The molecule has 52 valence electrons. The van der Waals surface area contributed by atoms with Crippen LogP contribution in [0, 0.1) is 5.41 Å². The maximum absolute atomic E-state index is 7.31. The molecule has 0 fully saturated rings. The zero-order valence-electron chi connectivity index (χ0n) is 5.65. The normalized spacial score (nSPS) is 10.5. The Morgan fingerprint density at radius 1 is 1.80 bits per heavy atom. The van der Waals surface area contributed by atoms with Crippen LogP contribution in [-0.4, -0.2) is 22.9 Å². The largest absolute Gasteiger partial charge is 0.284 e. The number of hydrogen-bond acceptors (Lipinski definition) is 3. The molecule has 0 saturated heterocycles. The van der Waals surface area contributed by atoms with Crippen molar-refractivity contribution in [2.24, 2.45) is 4.99 Å². The van der Waals surface area contributed by atoms with Gasteiger partial charge in [-0.2, -0.15) is 0 Å². The summed E-state index contributed by atoms with van der Waals surface area (Å²) in [4.78, 5) is 7.56. The van der Waals surface area contributed by atoms with Crippen LogP contribution in [0.3, 0.4) is 0 Å². The summed E-state index contributed by atoms with van der Waals surface area (Å²) in [5, 5.41) is 7.31. The lowest BCUT2D eigenvalue weighted by Crippen LogP contribution is -2.18. The fraction of sp³-hybridized carbons (Fsp3) is 0.167. The molecule has 0 aliphatic rings. The van der Waals surface area contributed by atoms with Gasteiger partial charge >= 0.3 is 0 Å². The van der Waals surface area contributed by atoms with Crippen LogP contribution >= 0.6 is 0 Å². The standard InChI is InChI=1S/C6H8N4/c1-8-4-10-5-9-3-2-6(10)7/h2-5,7H,1H3. The zero-order chi connectivity index (χ0) is 7.40. The van der Waals surface area contributed by atoms with Gasteiger partial charge in [-0.1, -0.05) is 0 Å². The summed E-state index contributed by atoms with van der Waals surface area (Å²) in [5.74, 6) is 0. The number of aromatic nitrogens is 2. The highest BCUT2D eigenvalue weighted by Crippen LogP contribution is 1.68. The van der Waals surface area contributed by atoms with E-state index in [-0.39, 0.29) is 0 Å². The first-order chi connectivity index (χ1) is 4.84. The van der Waals surface area contributed by atoms with Crippen LogP contribution in [0.4, 0.5) is 0 Å². The van der Waals surface area contributed by atoms with Gasteiger partial charge in [0, 0.05) is 13.2 Å². The number of nitrogens with one attached hydrogen (secondary N) is 1. The van der Waals surface area contributed by atoms with E-state index in [9.17, 15) is 0 Å². The van der Waals surface area contributed by atoms with E-state index < -0.39 is 0 Å². The lowest BCUT2D eigenvalue weighted by Gasteiger charge is -1.93. The third kappa shape index (κ3) is 1.28. The van der Waals surface area contributed by atoms with Crippen LogP contribution in [0.5, 0.6) is 0 Å². The molecule has 4 nitrogen and oxygen atoms in total. The van der Waals surface area contributed by atoms with Crippen molar-refractivity contribution in [2.75, 3.05) is 7.05 Å².